The summed E-state index contributed by atoms with van der Waals surface area (Å²) in [7, 11) is 4.73. The van der Waals surface area contributed by atoms with Gasteiger partial charge in [0, 0.05) is 26.3 Å². The summed E-state index contributed by atoms with van der Waals surface area (Å²) in [4.78, 5) is 26.3. The van der Waals surface area contributed by atoms with Gasteiger partial charge in [0.1, 0.15) is 5.75 Å². The number of carbonyl (C=O) groups is 2. The van der Waals surface area contributed by atoms with Crippen molar-refractivity contribution in [1.82, 2.24) is 10.2 Å². The van der Waals surface area contributed by atoms with Crippen molar-refractivity contribution < 1.29 is 19.1 Å². The van der Waals surface area contributed by atoms with Gasteiger partial charge in [0.15, 0.2) is 0 Å². The molecule has 132 valence electrons. The van der Waals surface area contributed by atoms with Crippen LogP contribution in [-0.4, -0.2) is 57.3 Å². The molecule has 0 aromatic heterocycles. The molecule has 2 rings (SSSR count). The zero-order valence-electron chi connectivity index (χ0n) is 14.4. The summed E-state index contributed by atoms with van der Waals surface area (Å²) in [5, 5.41) is 5.43. The highest BCUT2D eigenvalue weighted by Crippen LogP contribution is 2.27. The van der Waals surface area contributed by atoms with Crippen molar-refractivity contribution >= 4 is 17.6 Å². The topological polar surface area (TPSA) is 79.9 Å². The third-order valence-corrected chi connectivity index (χ3v) is 4.18. The molecular weight excluding hydrogens is 310 g/mol. The standard InChI is InChI=1S/C17H25N3O4/c1-18-16(21)12-7-8-15(24-3)14(10-12)19-17(22)20-9-5-4-6-13(20)11-23-2/h7-8,10,13H,4-6,9,11H2,1-3H3,(H,18,21)(H,19,22). The van der Waals surface area contributed by atoms with Crippen molar-refractivity contribution in [2.45, 2.75) is 25.3 Å². The molecule has 1 aromatic rings. The normalized spacial score (nSPS) is 17.3. The number of nitrogens with zero attached hydrogens (tertiary/aromatic N) is 1. The second kappa shape index (κ2) is 8.54. The highest BCUT2D eigenvalue weighted by atomic mass is 16.5. The Morgan fingerprint density at radius 2 is 2.08 bits per heavy atom. The van der Waals surface area contributed by atoms with Crippen LogP contribution in [0.25, 0.3) is 0 Å². The lowest BCUT2D eigenvalue weighted by Crippen LogP contribution is -2.47. The first-order valence-electron chi connectivity index (χ1n) is 8.07. The van der Waals surface area contributed by atoms with Crippen LogP contribution in [0.15, 0.2) is 18.2 Å². The van der Waals surface area contributed by atoms with Crippen molar-refractivity contribution in [3.05, 3.63) is 23.8 Å². The molecule has 1 unspecified atom stereocenters. The largest absolute Gasteiger partial charge is 0.495 e. The Morgan fingerprint density at radius 3 is 2.75 bits per heavy atom. The Balaban J connectivity index is 2.18. The Kier molecular flexibility index (Phi) is 6.43. The quantitative estimate of drug-likeness (QED) is 0.863. The van der Waals surface area contributed by atoms with Crippen molar-refractivity contribution in [1.29, 1.82) is 0 Å². The van der Waals surface area contributed by atoms with Crippen LogP contribution in [0, 0.1) is 0 Å². The predicted molar refractivity (Wildman–Crippen MR) is 91.6 cm³/mol. The van der Waals surface area contributed by atoms with Gasteiger partial charge in [-0.05, 0) is 37.5 Å². The number of piperidine rings is 1. The number of nitrogens with one attached hydrogen (secondary N) is 2. The summed E-state index contributed by atoms with van der Waals surface area (Å²) in [5.41, 5.74) is 0.936. The van der Waals surface area contributed by atoms with Crippen LogP contribution in [0.4, 0.5) is 10.5 Å². The molecule has 7 nitrogen and oxygen atoms in total. The van der Waals surface area contributed by atoms with Crippen LogP contribution < -0.4 is 15.4 Å². The fourth-order valence-corrected chi connectivity index (χ4v) is 2.91. The van der Waals surface area contributed by atoms with Crippen LogP contribution in [0.1, 0.15) is 29.6 Å². The minimum atomic E-state index is -0.219. The van der Waals surface area contributed by atoms with E-state index in [1.165, 1.54) is 7.11 Å². The Labute approximate surface area is 142 Å². The number of benzene rings is 1. The van der Waals surface area contributed by atoms with E-state index in [0.29, 0.717) is 30.2 Å². The number of hydrogen-bond donors (Lipinski definition) is 2. The molecule has 24 heavy (non-hydrogen) atoms. The molecule has 1 atom stereocenters. The number of urea groups is 1. The second-order valence-corrected chi connectivity index (χ2v) is 5.72. The summed E-state index contributed by atoms with van der Waals surface area (Å²) in [6.07, 6.45) is 2.99. The Bertz CT molecular complexity index is 589. The van der Waals surface area contributed by atoms with Crippen molar-refractivity contribution in [2.24, 2.45) is 0 Å². The summed E-state index contributed by atoms with van der Waals surface area (Å²) < 4.78 is 10.5. The van der Waals surface area contributed by atoms with E-state index in [1.807, 2.05) is 0 Å². The van der Waals surface area contributed by atoms with Gasteiger partial charge >= 0.3 is 6.03 Å². The molecule has 0 spiro atoms. The summed E-state index contributed by atoms with van der Waals surface area (Å²) >= 11 is 0. The van der Waals surface area contributed by atoms with E-state index in [1.54, 1.807) is 37.3 Å². The third-order valence-electron chi connectivity index (χ3n) is 4.18. The summed E-state index contributed by atoms with van der Waals surface area (Å²) in [6, 6.07) is 4.80. The first kappa shape index (κ1) is 18.1. The first-order chi connectivity index (χ1) is 11.6. The van der Waals surface area contributed by atoms with E-state index >= 15 is 0 Å². The van der Waals surface area contributed by atoms with E-state index in [9.17, 15) is 9.59 Å². The van der Waals surface area contributed by atoms with Gasteiger partial charge in [0.05, 0.1) is 25.4 Å². The molecule has 0 aliphatic carbocycles. The highest BCUT2D eigenvalue weighted by Gasteiger charge is 2.27. The van der Waals surface area contributed by atoms with Gasteiger partial charge in [-0.15, -0.1) is 0 Å². The van der Waals surface area contributed by atoms with Crippen LogP contribution in [0.5, 0.6) is 5.75 Å². The number of methoxy groups -OCH3 is 2. The second-order valence-electron chi connectivity index (χ2n) is 5.72. The summed E-state index contributed by atoms with van der Waals surface area (Å²) in [5.74, 6) is 0.291. The van der Waals surface area contributed by atoms with Gasteiger partial charge in [-0.2, -0.15) is 0 Å². The maximum Gasteiger partial charge on any atom is 0.322 e. The molecule has 0 radical (unpaired) electrons. The van der Waals surface area contributed by atoms with Crippen LogP contribution >= 0.6 is 0 Å². The van der Waals surface area contributed by atoms with Crippen molar-refractivity contribution in [3.8, 4) is 5.75 Å². The van der Waals surface area contributed by atoms with Gasteiger partial charge in [-0.25, -0.2) is 4.79 Å². The molecule has 7 heteroatoms. The van der Waals surface area contributed by atoms with Gasteiger partial charge < -0.3 is 25.0 Å². The number of carbonyl (C=O) groups excluding carboxylic acids is 2. The number of anilines is 1. The third kappa shape index (κ3) is 4.17. The molecule has 3 amide bonds. The summed E-state index contributed by atoms with van der Waals surface area (Å²) in [6.45, 7) is 1.21. The number of ether oxygens (including phenoxy) is 2. The average Bonchev–Trinajstić information content (AvgIpc) is 2.61. The molecule has 2 N–H and O–H groups in total. The molecule has 1 heterocycles. The molecule has 0 bridgehead atoms. The van der Waals surface area contributed by atoms with Gasteiger partial charge in [-0.1, -0.05) is 0 Å². The minimum Gasteiger partial charge on any atom is -0.495 e. The Morgan fingerprint density at radius 1 is 1.29 bits per heavy atom. The lowest BCUT2D eigenvalue weighted by Gasteiger charge is -2.35. The minimum absolute atomic E-state index is 0.0665. The van der Waals surface area contributed by atoms with Crippen LogP contribution in [0.3, 0.4) is 0 Å². The van der Waals surface area contributed by atoms with Crippen molar-refractivity contribution in [3.63, 3.8) is 0 Å². The fourth-order valence-electron chi connectivity index (χ4n) is 2.91. The van der Waals surface area contributed by atoms with Crippen LogP contribution in [0.2, 0.25) is 0 Å². The Hall–Kier alpha value is -2.28. The number of hydrogen-bond acceptors (Lipinski definition) is 4. The predicted octanol–water partition coefficient (Wildman–Crippen LogP) is 2.09. The number of likely N-dealkylation sites (tertiary alicyclic amines) is 1. The lowest BCUT2D eigenvalue weighted by molar-refractivity contribution is 0.0877. The number of amides is 3. The van der Waals surface area contributed by atoms with Gasteiger partial charge in [0.25, 0.3) is 5.91 Å². The SMILES string of the molecule is CNC(=O)c1ccc(OC)c(NC(=O)N2CCCCC2COC)c1. The molecule has 1 aliphatic heterocycles. The van der Waals surface area contributed by atoms with E-state index in [-0.39, 0.29) is 18.0 Å². The number of rotatable bonds is 5. The monoisotopic (exact) mass is 335 g/mol. The smallest absolute Gasteiger partial charge is 0.322 e. The molecule has 0 saturated carbocycles. The van der Waals surface area contributed by atoms with Crippen molar-refractivity contribution in [2.75, 3.05) is 39.7 Å². The van der Waals surface area contributed by atoms with E-state index in [2.05, 4.69) is 10.6 Å². The fraction of sp³-hybridized carbons (Fsp3) is 0.529. The molecular formula is C17H25N3O4. The maximum atomic E-state index is 12.7. The lowest BCUT2D eigenvalue weighted by atomic mass is 10.0. The van der Waals surface area contributed by atoms with E-state index in [0.717, 1.165) is 19.3 Å². The molecule has 1 saturated heterocycles. The zero-order valence-corrected chi connectivity index (χ0v) is 14.4. The van der Waals surface area contributed by atoms with Gasteiger partial charge in [-0.3, -0.25) is 4.79 Å². The molecule has 1 aromatic carbocycles. The zero-order chi connectivity index (χ0) is 17.5. The van der Waals surface area contributed by atoms with Crippen LogP contribution in [-0.2, 0) is 4.74 Å². The van der Waals surface area contributed by atoms with E-state index in [4.69, 9.17) is 9.47 Å². The van der Waals surface area contributed by atoms with Gasteiger partial charge in [0.2, 0.25) is 0 Å². The maximum absolute atomic E-state index is 12.7. The molecule has 1 aliphatic rings. The molecule has 1 fully saturated rings. The van der Waals surface area contributed by atoms with E-state index < -0.39 is 0 Å². The highest BCUT2D eigenvalue weighted by molar-refractivity contribution is 5.98. The average molecular weight is 335 g/mol. The first-order valence-corrected chi connectivity index (χ1v) is 8.07.